The van der Waals surface area contributed by atoms with Crippen molar-refractivity contribution < 1.29 is 19.1 Å². The molecule has 108 valence electrons. The topological polar surface area (TPSA) is 67.9 Å². The molecule has 0 bridgehead atoms. The maximum Gasteiger partial charge on any atom is 0.326 e. The van der Waals surface area contributed by atoms with Crippen LogP contribution in [0, 0.1) is 11.8 Å². The second-order valence-electron chi connectivity index (χ2n) is 4.94. The molecule has 0 aromatic heterocycles. The summed E-state index contributed by atoms with van der Waals surface area (Å²) >= 11 is 0. The zero-order chi connectivity index (χ0) is 15.0. The molecule has 1 N–H and O–H groups in total. The molecule has 1 atom stereocenters. The molecule has 1 aromatic rings. The second-order valence-corrected chi connectivity index (χ2v) is 4.94. The number of amides is 3. The lowest BCUT2D eigenvalue weighted by Crippen LogP contribution is -2.40. The highest BCUT2D eigenvalue weighted by molar-refractivity contribution is 6.07. The van der Waals surface area contributed by atoms with Crippen molar-refractivity contribution >= 4 is 11.9 Å². The van der Waals surface area contributed by atoms with Crippen LogP contribution in [0.1, 0.15) is 19.4 Å². The number of carbonyl (C=O) groups excluding carboxylic acids is 2. The number of nitrogens with one attached hydrogen (secondary N) is 1. The van der Waals surface area contributed by atoms with Gasteiger partial charge in [0.25, 0.3) is 5.91 Å². The van der Waals surface area contributed by atoms with Crippen LogP contribution in [0.25, 0.3) is 0 Å². The van der Waals surface area contributed by atoms with E-state index in [-0.39, 0.29) is 19.2 Å². The Hall–Kier alpha value is -2.68. The number of hydrogen-bond donors (Lipinski definition) is 1. The highest BCUT2D eigenvalue weighted by atomic mass is 16.7. The third-order valence-corrected chi connectivity index (χ3v) is 3.64. The van der Waals surface area contributed by atoms with Gasteiger partial charge in [-0.3, -0.25) is 9.69 Å². The molecule has 0 spiro atoms. The third kappa shape index (κ3) is 1.98. The quantitative estimate of drug-likeness (QED) is 0.655. The van der Waals surface area contributed by atoms with Gasteiger partial charge < -0.3 is 14.8 Å². The van der Waals surface area contributed by atoms with Crippen molar-refractivity contribution in [3.8, 4) is 23.3 Å². The van der Waals surface area contributed by atoms with E-state index in [1.165, 1.54) is 0 Å². The molecule has 21 heavy (non-hydrogen) atoms. The van der Waals surface area contributed by atoms with Crippen LogP contribution in [-0.2, 0) is 10.3 Å². The fourth-order valence-electron chi connectivity index (χ4n) is 2.40. The first-order valence-corrected chi connectivity index (χ1v) is 6.50. The first-order chi connectivity index (χ1) is 10.1. The summed E-state index contributed by atoms with van der Waals surface area (Å²) in [6.07, 6.45) is 0. The van der Waals surface area contributed by atoms with Gasteiger partial charge in [-0.2, -0.15) is 0 Å². The SMILES string of the molecule is CC#CCN1C(=O)NC(C)(c2ccc3c(c2)OCO3)C1=O. The Morgan fingerprint density at radius 1 is 1.33 bits per heavy atom. The van der Waals surface area contributed by atoms with E-state index in [2.05, 4.69) is 17.2 Å². The molecule has 2 heterocycles. The average molecular weight is 286 g/mol. The predicted octanol–water partition coefficient (Wildman–Crippen LogP) is 1.21. The summed E-state index contributed by atoms with van der Waals surface area (Å²) in [6.45, 7) is 3.58. The molecule has 1 unspecified atom stereocenters. The van der Waals surface area contributed by atoms with E-state index >= 15 is 0 Å². The summed E-state index contributed by atoms with van der Waals surface area (Å²) in [7, 11) is 0. The Labute approximate surface area is 122 Å². The molecule has 1 aromatic carbocycles. The van der Waals surface area contributed by atoms with Gasteiger partial charge in [0.15, 0.2) is 11.5 Å². The van der Waals surface area contributed by atoms with Gasteiger partial charge >= 0.3 is 6.03 Å². The average Bonchev–Trinajstić information content (AvgIpc) is 3.01. The Balaban J connectivity index is 1.95. The monoisotopic (exact) mass is 286 g/mol. The molecule has 6 nitrogen and oxygen atoms in total. The van der Waals surface area contributed by atoms with Crippen LogP contribution >= 0.6 is 0 Å². The highest BCUT2D eigenvalue weighted by Gasteiger charge is 2.49. The van der Waals surface area contributed by atoms with Gasteiger partial charge in [0.1, 0.15) is 5.54 Å². The van der Waals surface area contributed by atoms with Gasteiger partial charge in [-0.05, 0) is 31.5 Å². The Morgan fingerprint density at radius 3 is 2.86 bits per heavy atom. The van der Waals surface area contributed by atoms with Gasteiger partial charge in [-0.1, -0.05) is 12.0 Å². The first-order valence-electron chi connectivity index (χ1n) is 6.50. The minimum Gasteiger partial charge on any atom is -0.454 e. The number of nitrogens with zero attached hydrogens (tertiary/aromatic N) is 1. The van der Waals surface area contributed by atoms with Crippen LogP contribution in [0.15, 0.2) is 18.2 Å². The molecular weight excluding hydrogens is 272 g/mol. The van der Waals surface area contributed by atoms with Crippen molar-refractivity contribution in [1.29, 1.82) is 0 Å². The highest BCUT2D eigenvalue weighted by Crippen LogP contribution is 2.37. The molecule has 6 heteroatoms. The lowest BCUT2D eigenvalue weighted by molar-refractivity contribution is -0.130. The lowest BCUT2D eigenvalue weighted by atomic mass is 9.91. The zero-order valence-corrected chi connectivity index (χ0v) is 11.7. The van der Waals surface area contributed by atoms with E-state index in [0.717, 1.165) is 4.90 Å². The molecular formula is C15H14N2O4. The van der Waals surface area contributed by atoms with Gasteiger partial charge in [0, 0.05) is 0 Å². The van der Waals surface area contributed by atoms with Crippen LogP contribution in [0.4, 0.5) is 4.79 Å². The largest absolute Gasteiger partial charge is 0.454 e. The number of carbonyl (C=O) groups is 2. The van der Waals surface area contributed by atoms with Crippen molar-refractivity contribution in [2.24, 2.45) is 0 Å². The van der Waals surface area contributed by atoms with Gasteiger partial charge in [0.05, 0.1) is 6.54 Å². The molecule has 0 aliphatic carbocycles. The van der Waals surface area contributed by atoms with Crippen LogP contribution in [0.2, 0.25) is 0 Å². The van der Waals surface area contributed by atoms with Gasteiger partial charge in [-0.25, -0.2) is 4.79 Å². The molecule has 1 saturated heterocycles. The molecule has 3 amide bonds. The van der Waals surface area contributed by atoms with E-state index in [4.69, 9.17) is 9.47 Å². The smallest absolute Gasteiger partial charge is 0.326 e. The summed E-state index contributed by atoms with van der Waals surface area (Å²) < 4.78 is 10.6. The Bertz CT molecular complexity index is 689. The Kier molecular flexibility index (Phi) is 2.98. The van der Waals surface area contributed by atoms with Crippen LogP contribution in [0.5, 0.6) is 11.5 Å². The molecule has 1 fully saturated rings. The summed E-state index contributed by atoms with van der Waals surface area (Å²) in [6, 6.07) is 4.76. The summed E-state index contributed by atoms with van der Waals surface area (Å²) in [5, 5.41) is 2.72. The number of ether oxygens (including phenoxy) is 2. The van der Waals surface area contributed by atoms with Crippen molar-refractivity contribution in [3.05, 3.63) is 23.8 Å². The summed E-state index contributed by atoms with van der Waals surface area (Å²) in [5.74, 6) is 6.29. The molecule has 0 radical (unpaired) electrons. The van der Waals surface area contributed by atoms with Crippen molar-refractivity contribution in [3.63, 3.8) is 0 Å². The fourth-order valence-corrected chi connectivity index (χ4v) is 2.40. The maximum absolute atomic E-state index is 12.5. The van der Waals surface area contributed by atoms with Crippen molar-refractivity contribution in [1.82, 2.24) is 10.2 Å². The minimum absolute atomic E-state index is 0.0846. The number of hydrogen-bond acceptors (Lipinski definition) is 4. The number of urea groups is 1. The maximum atomic E-state index is 12.5. The molecule has 0 saturated carbocycles. The number of fused-ring (bicyclic) bond motifs is 1. The van der Waals surface area contributed by atoms with E-state index in [1.54, 1.807) is 32.0 Å². The standard InChI is InChI=1S/C15H14N2O4/c1-3-4-7-17-13(18)15(2,16-14(17)19)10-5-6-11-12(8-10)21-9-20-11/h5-6,8H,7,9H2,1-2H3,(H,16,19). The normalized spacial score (nSPS) is 22.9. The minimum atomic E-state index is -1.12. The van der Waals surface area contributed by atoms with Crippen LogP contribution < -0.4 is 14.8 Å². The van der Waals surface area contributed by atoms with Crippen LogP contribution in [-0.4, -0.2) is 30.2 Å². The second kappa shape index (κ2) is 4.70. The van der Waals surface area contributed by atoms with E-state index in [1.807, 2.05) is 0 Å². The fraction of sp³-hybridized carbons (Fsp3) is 0.333. The molecule has 3 rings (SSSR count). The molecule has 2 aliphatic heterocycles. The van der Waals surface area contributed by atoms with E-state index < -0.39 is 11.6 Å². The summed E-state index contributed by atoms with van der Waals surface area (Å²) in [4.78, 5) is 25.6. The van der Waals surface area contributed by atoms with Gasteiger partial charge in [0.2, 0.25) is 6.79 Å². The van der Waals surface area contributed by atoms with E-state index in [9.17, 15) is 9.59 Å². The first kappa shape index (κ1) is 13.3. The van der Waals surface area contributed by atoms with Crippen molar-refractivity contribution in [2.75, 3.05) is 13.3 Å². The lowest BCUT2D eigenvalue weighted by Gasteiger charge is -2.22. The Morgan fingerprint density at radius 2 is 2.10 bits per heavy atom. The van der Waals surface area contributed by atoms with Gasteiger partial charge in [-0.15, -0.1) is 5.92 Å². The number of rotatable bonds is 2. The number of imide groups is 1. The molecule has 2 aliphatic rings. The predicted molar refractivity (Wildman–Crippen MR) is 73.6 cm³/mol. The van der Waals surface area contributed by atoms with E-state index in [0.29, 0.717) is 17.1 Å². The third-order valence-electron chi connectivity index (χ3n) is 3.64. The summed E-state index contributed by atoms with van der Waals surface area (Å²) in [5.41, 5.74) is -0.468. The zero-order valence-electron chi connectivity index (χ0n) is 11.7. The number of benzene rings is 1. The van der Waals surface area contributed by atoms with Crippen LogP contribution in [0.3, 0.4) is 0 Å². The van der Waals surface area contributed by atoms with Crippen molar-refractivity contribution in [2.45, 2.75) is 19.4 Å².